The van der Waals surface area contributed by atoms with E-state index >= 15 is 0 Å². The first-order chi connectivity index (χ1) is 11.2. The summed E-state index contributed by atoms with van der Waals surface area (Å²) in [6.45, 7) is 6.98. The van der Waals surface area contributed by atoms with Gasteiger partial charge in [-0.3, -0.25) is 9.58 Å². The van der Waals surface area contributed by atoms with Crippen LogP contribution in [0.15, 0.2) is 12.4 Å². The topological polar surface area (TPSA) is 33.5 Å². The molecule has 1 aromatic rings. The second-order valence-corrected chi connectivity index (χ2v) is 7.81. The Morgan fingerprint density at radius 2 is 2.04 bits per heavy atom. The SMILES string of the molecule is Cn1cc(CN2CC[C@]3(CCC[C@@H](CN4CCCC4)O3)C2)cn1. The number of hydrogen-bond acceptors (Lipinski definition) is 4. The van der Waals surface area contributed by atoms with Crippen molar-refractivity contribution in [2.75, 3.05) is 32.7 Å². The molecule has 128 valence electrons. The van der Waals surface area contributed by atoms with Gasteiger partial charge in [0.1, 0.15) is 0 Å². The zero-order valence-electron chi connectivity index (χ0n) is 14.4. The summed E-state index contributed by atoms with van der Waals surface area (Å²) in [7, 11) is 1.99. The Labute approximate surface area is 139 Å². The zero-order chi connectivity index (χ0) is 15.7. The molecule has 3 saturated heterocycles. The highest BCUT2D eigenvalue weighted by Crippen LogP contribution is 2.37. The van der Waals surface area contributed by atoms with Crippen LogP contribution in [0, 0.1) is 0 Å². The van der Waals surface area contributed by atoms with Gasteiger partial charge in [-0.25, -0.2) is 0 Å². The molecule has 0 aliphatic carbocycles. The highest BCUT2D eigenvalue weighted by atomic mass is 16.5. The third-order valence-corrected chi connectivity index (χ3v) is 5.80. The fraction of sp³-hybridized carbons (Fsp3) is 0.833. The van der Waals surface area contributed by atoms with Gasteiger partial charge in [-0.15, -0.1) is 0 Å². The molecule has 5 heteroatoms. The predicted molar refractivity (Wildman–Crippen MR) is 90.2 cm³/mol. The number of ether oxygens (including phenoxy) is 1. The van der Waals surface area contributed by atoms with Crippen LogP contribution >= 0.6 is 0 Å². The molecule has 3 aliphatic rings. The van der Waals surface area contributed by atoms with Crippen molar-refractivity contribution in [3.63, 3.8) is 0 Å². The molecule has 0 unspecified atom stereocenters. The summed E-state index contributed by atoms with van der Waals surface area (Å²) in [4.78, 5) is 5.15. The van der Waals surface area contributed by atoms with E-state index in [4.69, 9.17) is 4.74 Å². The molecule has 3 fully saturated rings. The molecule has 0 N–H and O–H groups in total. The summed E-state index contributed by atoms with van der Waals surface area (Å²) in [5.41, 5.74) is 1.44. The Morgan fingerprint density at radius 1 is 1.17 bits per heavy atom. The number of rotatable bonds is 4. The molecular weight excluding hydrogens is 288 g/mol. The van der Waals surface area contributed by atoms with E-state index in [1.165, 1.54) is 57.2 Å². The maximum absolute atomic E-state index is 6.67. The standard InChI is InChI=1S/C18H30N4O/c1-20-12-16(11-19-20)13-22-10-7-18(15-22)6-4-5-17(23-18)14-21-8-2-3-9-21/h11-12,17H,2-10,13-15H2,1H3/t17-,18+/m0/s1. The highest BCUT2D eigenvalue weighted by molar-refractivity contribution is 5.05. The van der Waals surface area contributed by atoms with Crippen molar-refractivity contribution in [3.8, 4) is 0 Å². The van der Waals surface area contributed by atoms with E-state index in [2.05, 4.69) is 21.1 Å². The van der Waals surface area contributed by atoms with Crippen molar-refractivity contribution in [1.82, 2.24) is 19.6 Å². The largest absolute Gasteiger partial charge is 0.369 e. The normalized spacial score (nSPS) is 33.0. The molecule has 0 aromatic carbocycles. The summed E-state index contributed by atoms with van der Waals surface area (Å²) in [5, 5.41) is 4.29. The number of hydrogen-bond donors (Lipinski definition) is 0. The first kappa shape index (κ1) is 15.6. The lowest BCUT2D eigenvalue weighted by Gasteiger charge is -2.40. The first-order valence-corrected chi connectivity index (χ1v) is 9.31. The van der Waals surface area contributed by atoms with Crippen LogP contribution in [-0.2, 0) is 18.3 Å². The van der Waals surface area contributed by atoms with Gasteiger partial charge in [-0.05, 0) is 51.6 Å². The van der Waals surface area contributed by atoms with E-state index in [1.807, 2.05) is 17.9 Å². The molecule has 0 radical (unpaired) electrons. The lowest BCUT2D eigenvalue weighted by molar-refractivity contribution is -0.127. The molecule has 1 aromatic heterocycles. The molecule has 0 saturated carbocycles. The van der Waals surface area contributed by atoms with Crippen LogP contribution < -0.4 is 0 Å². The molecule has 1 spiro atoms. The monoisotopic (exact) mass is 318 g/mol. The van der Waals surface area contributed by atoms with Crippen molar-refractivity contribution in [2.45, 2.75) is 56.8 Å². The molecule has 2 atom stereocenters. The first-order valence-electron chi connectivity index (χ1n) is 9.31. The second-order valence-electron chi connectivity index (χ2n) is 7.81. The van der Waals surface area contributed by atoms with E-state index < -0.39 is 0 Å². The van der Waals surface area contributed by atoms with Crippen molar-refractivity contribution >= 4 is 0 Å². The summed E-state index contributed by atoms with van der Waals surface area (Å²) in [6.07, 6.45) is 12.3. The molecule has 4 rings (SSSR count). The summed E-state index contributed by atoms with van der Waals surface area (Å²) < 4.78 is 8.56. The van der Waals surface area contributed by atoms with Crippen molar-refractivity contribution < 1.29 is 4.74 Å². The average Bonchev–Trinajstić information content (AvgIpc) is 3.24. The van der Waals surface area contributed by atoms with E-state index in [-0.39, 0.29) is 5.60 Å². The van der Waals surface area contributed by atoms with Crippen LogP contribution in [0.3, 0.4) is 0 Å². The maximum Gasteiger partial charge on any atom is 0.0825 e. The van der Waals surface area contributed by atoms with Crippen LogP contribution in [0.1, 0.15) is 44.1 Å². The van der Waals surface area contributed by atoms with E-state index in [9.17, 15) is 0 Å². The molecule has 3 aliphatic heterocycles. The Hall–Kier alpha value is -0.910. The minimum atomic E-state index is 0.130. The average molecular weight is 318 g/mol. The van der Waals surface area contributed by atoms with Gasteiger partial charge in [0, 0.05) is 45.0 Å². The van der Waals surface area contributed by atoms with E-state index in [0.29, 0.717) is 6.10 Å². The predicted octanol–water partition coefficient (Wildman–Crippen LogP) is 2.03. The van der Waals surface area contributed by atoms with Crippen molar-refractivity contribution in [1.29, 1.82) is 0 Å². The van der Waals surface area contributed by atoms with Gasteiger partial charge in [-0.1, -0.05) is 0 Å². The van der Waals surface area contributed by atoms with Gasteiger partial charge in [-0.2, -0.15) is 5.10 Å². The summed E-state index contributed by atoms with van der Waals surface area (Å²) >= 11 is 0. The van der Waals surface area contributed by atoms with Crippen molar-refractivity contribution in [3.05, 3.63) is 18.0 Å². The van der Waals surface area contributed by atoms with Crippen LogP contribution in [0.25, 0.3) is 0 Å². The number of aromatic nitrogens is 2. The van der Waals surface area contributed by atoms with Crippen LogP contribution in [0.4, 0.5) is 0 Å². The molecule has 23 heavy (non-hydrogen) atoms. The Bertz CT molecular complexity index is 525. The molecule has 0 bridgehead atoms. The van der Waals surface area contributed by atoms with E-state index in [0.717, 1.165) is 26.2 Å². The Kier molecular flexibility index (Phi) is 4.43. The fourth-order valence-electron chi connectivity index (χ4n) is 4.68. The van der Waals surface area contributed by atoms with Gasteiger partial charge in [0.05, 0.1) is 17.9 Å². The number of nitrogens with zero attached hydrogens (tertiary/aromatic N) is 4. The van der Waals surface area contributed by atoms with Gasteiger partial charge in [0.25, 0.3) is 0 Å². The second kappa shape index (κ2) is 6.54. The van der Waals surface area contributed by atoms with Gasteiger partial charge < -0.3 is 9.64 Å². The Balaban J connectivity index is 1.33. The minimum absolute atomic E-state index is 0.130. The number of likely N-dealkylation sites (tertiary alicyclic amines) is 2. The van der Waals surface area contributed by atoms with Gasteiger partial charge in [0.2, 0.25) is 0 Å². The number of aryl methyl sites for hydroxylation is 1. The summed E-state index contributed by atoms with van der Waals surface area (Å²) in [5.74, 6) is 0. The maximum atomic E-state index is 6.67. The zero-order valence-corrected chi connectivity index (χ0v) is 14.4. The third kappa shape index (κ3) is 3.62. The van der Waals surface area contributed by atoms with Gasteiger partial charge in [0.15, 0.2) is 0 Å². The Morgan fingerprint density at radius 3 is 2.83 bits per heavy atom. The fourth-order valence-corrected chi connectivity index (χ4v) is 4.68. The lowest BCUT2D eigenvalue weighted by atomic mass is 9.90. The van der Waals surface area contributed by atoms with Crippen LogP contribution in [-0.4, -0.2) is 64.0 Å². The van der Waals surface area contributed by atoms with Gasteiger partial charge >= 0.3 is 0 Å². The van der Waals surface area contributed by atoms with E-state index in [1.54, 1.807) is 0 Å². The smallest absolute Gasteiger partial charge is 0.0825 e. The molecule has 4 heterocycles. The van der Waals surface area contributed by atoms with Crippen LogP contribution in [0.2, 0.25) is 0 Å². The lowest BCUT2D eigenvalue weighted by Crippen LogP contribution is -2.46. The minimum Gasteiger partial charge on any atom is -0.369 e. The summed E-state index contributed by atoms with van der Waals surface area (Å²) in [6, 6.07) is 0. The quantitative estimate of drug-likeness (QED) is 0.850. The molecular formula is C18H30N4O. The third-order valence-electron chi connectivity index (χ3n) is 5.80. The molecule has 0 amide bonds. The van der Waals surface area contributed by atoms with Crippen molar-refractivity contribution in [2.24, 2.45) is 7.05 Å². The highest BCUT2D eigenvalue weighted by Gasteiger charge is 2.43. The van der Waals surface area contributed by atoms with Crippen LogP contribution in [0.5, 0.6) is 0 Å². The molecule has 5 nitrogen and oxygen atoms in total.